The summed E-state index contributed by atoms with van der Waals surface area (Å²) in [6.07, 6.45) is 17.9. The van der Waals surface area contributed by atoms with Crippen molar-refractivity contribution in [3.63, 3.8) is 0 Å². The highest BCUT2D eigenvalue weighted by atomic mass is 16.6. The third-order valence-electron chi connectivity index (χ3n) is 5.13. The maximum Gasteiger partial charge on any atom is 0.220 e. The minimum atomic E-state index is 0.130. The van der Waals surface area contributed by atoms with Crippen LogP contribution in [0.4, 0.5) is 0 Å². The van der Waals surface area contributed by atoms with E-state index in [1.54, 1.807) is 0 Å². The van der Waals surface area contributed by atoms with Gasteiger partial charge in [-0.1, -0.05) is 51.0 Å². The number of carbonyl (C=O) groups excluding carboxylic acids is 2. The molecule has 31 heavy (non-hydrogen) atoms. The fourth-order valence-electron chi connectivity index (χ4n) is 3.23. The van der Waals surface area contributed by atoms with Gasteiger partial charge in [0.2, 0.25) is 11.8 Å². The standard InChI is InChI=1S/C25H45N3O3/c1-3-5-7-9-11-15-24(29)26-17-13-19-28(21-23-22-31-23)20-14-18-27-25(30)16-12-10-8-6-4-2/h7-10,23H,3-6,11-22H2,1-2H3,(H,26,29)(H,27,30)/b9-7+,10-8+. The predicted octanol–water partition coefficient (Wildman–Crippen LogP) is 3.97. The number of unbranched alkanes of at least 4 members (excludes halogenated alkanes) is 2. The number of nitrogens with zero attached hydrogens (tertiary/aromatic N) is 1. The molecule has 1 aliphatic rings. The van der Waals surface area contributed by atoms with Crippen LogP contribution in [0.5, 0.6) is 0 Å². The van der Waals surface area contributed by atoms with Crippen LogP contribution in [-0.4, -0.2) is 62.1 Å². The van der Waals surface area contributed by atoms with Gasteiger partial charge in [0.25, 0.3) is 0 Å². The van der Waals surface area contributed by atoms with Crippen LogP contribution in [0, 0.1) is 0 Å². The van der Waals surface area contributed by atoms with E-state index in [-0.39, 0.29) is 11.8 Å². The highest BCUT2D eigenvalue weighted by molar-refractivity contribution is 5.76. The molecule has 0 saturated carbocycles. The molecule has 178 valence electrons. The number of amides is 2. The van der Waals surface area contributed by atoms with Crippen LogP contribution in [0.1, 0.15) is 78.1 Å². The molecule has 1 rings (SSSR count). The van der Waals surface area contributed by atoms with Crippen LogP contribution in [-0.2, 0) is 14.3 Å². The van der Waals surface area contributed by atoms with Gasteiger partial charge in [-0.25, -0.2) is 0 Å². The molecule has 2 N–H and O–H groups in total. The smallest absolute Gasteiger partial charge is 0.220 e. The molecule has 6 heteroatoms. The van der Waals surface area contributed by atoms with Crippen molar-refractivity contribution in [2.75, 3.05) is 39.3 Å². The lowest BCUT2D eigenvalue weighted by atomic mass is 10.2. The van der Waals surface area contributed by atoms with E-state index in [2.05, 4.69) is 53.7 Å². The number of hydrogen-bond donors (Lipinski definition) is 2. The Morgan fingerprint density at radius 2 is 1.29 bits per heavy atom. The van der Waals surface area contributed by atoms with E-state index in [0.29, 0.717) is 32.0 Å². The van der Waals surface area contributed by atoms with Crippen LogP contribution in [0.3, 0.4) is 0 Å². The van der Waals surface area contributed by atoms with Gasteiger partial charge in [-0.3, -0.25) is 9.59 Å². The number of ether oxygens (including phenoxy) is 1. The molecule has 1 fully saturated rings. The minimum Gasteiger partial charge on any atom is -0.372 e. The second-order valence-corrected chi connectivity index (χ2v) is 8.26. The topological polar surface area (TPSA) is 74.0 Å². The molecular formula is C25H45N3O3. The van der Waals surface area contributed by atoms with Crippen LogP contribution >= 0.6 is 0 Å². The van der Waals surface area contributed by atoms with Crippen molar-refractivity contribution in [2.45, 2.75) is 84.2 Å². The summed E-state index contributed by atoms with van der Waals surface area (Å²) < 4.78 is 5.38. The monoisotopic (exact) mass is 435 g/mol. The fraction of sp³-hybridized carbons (Fsp3) is 0.760. The van der Waals surface area contributed by atoms with Crippen molar-refractivity contribution in [2.24, 2.45) is 0 Å². The van der Waals surface area contributed by atoms with Crippen LogP contribution < -0.4 is 10.6 Å². The van der Waals surface area contributed by atoms with Gasteiger partial charge in [-0.05, 0) is 51.6 Å². The Morgan fingerprint density at radius 1 is 0.839 bits per heavy atom. The molecule has 0 aromatic heterocycles. The summed E-state index contributed by atoms with van der Waals surface area (Å²) in [6.45, 7) is 9.39. The lowest BCUT2D eigenvalue weighted by molar-refractivity contribution is -0.121. The third kappa shape index (κ3) is 17.7. The molecule has 1 unspecified atom stereocenters. The van der Waals surface area contributed by atoms with E-state index in [4.69, 9.17) is 4.74 Å². The Morgan fingerprint density at radius 3 is 1.71 bits per heavy atom. The van der Waals surface area contributed by atoms with Gasteiger partial charge < -0.3 is 20.3 Å². The Bertz CT molecular complexity index is 490. The summed E-state index contributed by atoms with van der Waals surface area (Å²) in [6, 6.07) is 0. The summed E-state index contributed by atoms with van der Waals surface area (Å²) in [7, 11) is 0. The zero-order chi connectivity index (χ0) is 22.6. The van der Waals surface area contributed by atoms with E-state index in [9.17, 15) is 9.59 Å². The molecule has 0 aliphatic carbocycles. The van der Waals surface area contributed by atoms with Crippen molar-refractivity contribution in [3.05, 3.63) is 24.3 Å². The SMILES string of the molecule is CCC/C=C/CCC(=O)NCCCN(CCCNC(=O)CC/C=C/CCC)CC1CO1. The normalized spacial score (nSPS) is 15.8. The third-order valence-corrected chi connectivity index (χ3v) is 5.13. The molecule has 1 aliphatic heterocycles. The summed E-state index contributed by atoms with van der Waals surface area (Å²) in [5.41, 5.74) is 0. The molecule has 2 amide bonds. The minimum absolute atomic E-state index is 0.130. The molecule has 0 bridgehead atoms. The number of allylic oxidation sites excluding steroid dienone is 4. The van der Waals surface area contributed by atoms with E-state index in [1.807, 2.05) is 0 Å². The number of rotatable bonds is 20. The first kappa shape index (κ1) is 27.4. The average Bonchev–Trinajstić information content (AvgIpc) is 3.57. The molecule has 1 atom stereocenters. The molecule has 0 radical (unpaired) electrons. The Kier molecular flexibility index (Phi) is 16.8. The summed E-state index contributed by atoms with van der Waals surface area (Å²) in [5, 5.41) is 6.04. The van der Waals surface area contributed by atoms with Gasteiger partial charge in [0.15, 0.2) is 0 Å². The van der Waals surface area contributed by atoms with Gasteiger partial charge in [-0.2, -0.15) is 0 Å². The van der Waals surface area contributed by atoms with E-state index >= 15 is 0 Å². The maximum absolute atomic E-state index is 11.9. The highest BCUT2D eigenvalue weighted by Gasteiger charge is 2.25. The number of epoxide rings is 1. The Balaban J connectivity index is 2.09. The molecular weight excluding hydrogens is 390 g/mol. The maximum atomic E-state index is 11.9. The van der Waals surface area contributed by atoms with Crippen molar-refractivity contribution in [3.8, 4) is 0 Å². The lowest BCUT2D eigenvalue weighted by Gasteiger charge is -2.21. The largest absolute Gasteiger partial charge is 0.372 e. The molecule has 6 nitrogen and oxygen atoms in total. The van der Waals surface area contributed by atoms with E-state index in [1.165, 1.54) is 0 Å². The summed E-state index contributed by atoms with van der Waals surface area (Å²) in [5.74, 6) is 0.260. The Labute approximate surface area is 189 Å². The van der Waals surface area contributed by atoms with Crippen molar-refractivity contribution < 1.29 is 14.3 Å². The molecule has 1 saturated heterocycles. The van der Waals surface area contributed by atoms with Crippen molar-refractivity contribution >= 4 is 11.8 Å². The number of carbonyl (C=O) groups is 2. The summed E-state index contributed by atoms with van der Waals surface area (Å²) >= 11 is 0. The second kappa shape index (κ2) is 19.1. The van der Waals surface area contributed by atoms with Crippen LogP contribution in [0.15, 0.2) is 24.3 Å². The van der Waals surface area contributed by atoms with Crippen molar-refractivity contribution in [1.29, 1.82) is 0 Å². The zero-order valence-corrected chi connectivity index (χ0v) is 19.9. The van der Waals surface area contributed by atoms with Crippen LogP contribution in [0.2, 0.25) is 0 Å². The molecule has 0 spiro atoms. The predicted molar refractivity (Wildman–Crippen MR) is 128 cm³/mol. The average molecular weight is 436 g/mol. The van der Waals surface area contributed by atoms with Crippen molar-refractivity contribution in [1.82, 2.24) is 15.5 Å². The second-order valence-electron chi connectivity index (χ2n) is 8.26. The molecule has 1 heterocycles. The quantitative estimate of drug-likeness (QED) is 0.172. The van der Waals surface area contributed by atoms with Gasteiger partial charge in [0.05, 0.1) is 12.7 Å². The molecule has 0 aromatic carbocycles. The first-order valence-electron chi connectivity index (χ1n) is 12.3. The Hall–Kier alpha value is -1.66. The lowest BCUT2D eigenvalue weighted by Crippen LogP contribution is -2.34. The number of nitrogens with one attached hydrogen (secondary N) is 2. The number of hydrogen-bond acceptors (Lipinski definition) is 4. The summed E-state index contributed by atoms with van der Waals surface area (Å²) in [4.78, 5) is 26.2. The van der Waals surface area contributed by atoms with E-state index < -0.39 is 0 Å². The van der Waals surface area contributed by atoms with E-state index in [0.717, 1.165) is 77.6 Å². The zero-order valence-electron chi connectivity index (χ0n) is 19.9. The van der Waals surface area contributed by atoms with Gasteiger partial charge in [0, 0.05) is 32.5 Å². The first-order valence-corrected chi connectivity index (χ1v) is 12.3. The highest BCUT2D eigenvalue weighted by Crippen LogP contribution is 2.11. The van der Waals surface area contributed by atoms with Gasteiger partial charge in [-0.15, -0.1) is 0 Å². The van der Waals surface area contributed by atoms with Crippen LogP contribution in [0.25, 0.3) is 0 Å². The first-order chi connectivity index (χ1) is 15.2. The van der Waals surface area contributed by atoms with Gasteiger partial charge in [0.1, 0.15) is 0 Å². The fourth-order valence-corrected chi connectivity index (χ4v) is 3.23. The molecule has 0 aromatic rings. The van der Waals surface area contributed by atoms with Gasteiger partial charge >= 0.3 is 0 Å².